The van der Waals surface area contributed by atoms with Gasteiger partial charge in [0.15, 0.2) is 0 Å². The van der Waals surface area contributed by atoms with Gasteiger partial charge >= 0.3 is 0 Å². The fraction of sp³-hybridized carbons (Fsp3) is 0.278. The molecule has 0 aliphatic carbocycles. The van der Waals surface area contributed by atoms with E-state index in [4.69, 9.17) is 16.3 Å². The lowest BCUT2D eigenvalue weighted by Crippen LogP contribution is -2.31. The van der Waals surface area contributed by atoms with Gasteiger partial charge in [0.05, 0.1) is 19.3 Å². The lowest BCUT2D eigenvalue weighted by atomic mass is 10.1. The highest BCUT2D eigenvalue weighted by Crippen LogP contribution is 2.27. The molecular formula is C18H21ClN2O2. The van der Waals surface area contributed by atoms with Gasteiger partial charge in [-0.15, -0.1) is 0 Å². The summed E-state index contributed by atoms with van der Waals surface area (Å²) < 4.78 is 5.22. The van der Waals surface area contributed by atoms with Crippen LogP contribution in [0.3, 0.4) is 0 Å². The number of likely N-dealkylation sites (N-methyl/N-ethyl adjacent to an activating group) is 1. The van der Waals surface area contributed by atoms with Crippen LogP contribution < -0.4 is 10.1 Å². The Hall–Kier alpha value is -2.04. The zero-order valence-corrected chi connectivity index (χ0v) is 14.1. The molecule has 2 aromatic rings. The molecule has 0 saturated heterocycles. The molecule has 0 bridgehead atoms. The summed E-state index contributed by atoms with van der Waals surface area (Å²) in [6.45, 7) is 1.12. The maximum absolute atomic E-state index is 12.2. The second kappa shape index (κ2) is 8.56. The zero-order chi connectivity index (χ0) is 16.7. The quantitative estimate of drug-likeness (QED) is 0.844. The Labute approximate surface area is 142 Å². The van der Waals surface area contributed by atoms with Crippen LogP contribution in [0.2, 0.25) is 5.02 Å². The fourth-order valence-corrected chi connectivity index (χ4v) is 2.43. The molecule has 4 nitrogen and oxygen atoms in total. The molecule has 122 valence electrons. The molecule has 0 fully saturated rings. The van der Waals surface area contributed by atoms with Gasteiger partial charge in [-0.3, -0.25) is 9.69 Å². The van der Waals surface area contributed by atoms with Crippen LogP contribution in [0.4, 0.5) is 5.69 Å². The van der Waals surface area contributed by atoms with Crippen LogP contribution in [0.1, 0.15) is 5.56 Å². The highest BCUT2D eigenvalue weighted by atomic mass is 35.5. The first kappa shape index (κ1) is 17.3. The molecule has 2 aromatic carbocycles. The van der Waals surface area contributed by atoms with Gasteiger partial charge in [-0.25, -0.2) is 0 Å². The number of methoxy groups -OCH3 is 1. The molecule has 1 amide bonds. The van der Waals surface area contributed by atoms with E-state index in [0.717, 1.165) is 13.0 Å². The van der Waals surface area contributed by atoms with Crippen LogP contribution in [0.25, 0.3) is 0 Å². The summed E-state index contributed by atoms with van der Waals surface area (Å²) in [6.07, 6.45) is 0.908. The molecule has 0 heterocycles. The van der Waals surface area contributed by atoms with E-state index in [9.17, 15) is 4.79 Å². The number of nitrogens with one attached hydrogen (secondary N) is 1. The van der Waals surface area contributed by atoms with Crippen molar-refractivity contribution in [3.63, 3.8) is 0 Å². The lowest BCUT2D eigenvalue weighted by Gasteiger charge is -2.17. The van der Waals surface area contributed by atoms with Crippen LogP contribution in [0.5, 0.6) is 5.75 Å². The average Bonchev–Trinajstić information content (AvgIpc) is 2.54. The number of hydrogen-bond acceptors (Lipinski definition) is 3. The smallest absolute Gasteiger partial charge is 0.238 e. The predicted molar refractivity (Wildman–Crippen MR) is 94.3 cm³/mol. The minimum Gasteiger partial charge on any atom is -0.495 e. The summed E-state index contributed by atoms with van der Waals surface area (Å²) in [6, 6.07) is 15.4. The Kier molecular flexibility index (Phi) is 6.44. The first-order valence-corrected chi connectivity index (χ1v) is 7.82. The van der Waals surface area contributed by atoms with E-state index in [-0.39, 0.29) is 5.91 Å². The molecule has 2 rings (SSSR count). The van der Waals surface area contributed by atoms with E-state index in [1.807, 2.05) is 30.1 Å². The Morgan fingerprint density at radius 1 is 1.22 bits per heavy atom. The number of rotatable bonds is 7. The van der Waals surface area contributed by atoms with Gasteiger partial charge in [0.1, 0.15) is 5.75 Å². The fourth-order valence-electron chi connectivity index (χ4n) is 2.26. The molecule has 0 radical (unpaired) electrons. The normalized spacial score (nSPS) is 10.6. The predicted octanol–water partition coefficient (Wildman–Crippen LogP) is 3.46. The Morgan fingerprint density at radius 2 is 1.96 bits per heavy atom. The standard InChI is InChI=1S/C18H21ClN2O2/c1-21(11-10-14-6-4-3-5-7-14)13-18(22)20-16-12-15(19)8-9-17(16)23-2/h3-9,12H,10-11,13H2,1-2H3,(H,20,22). The molecule has 0 aliphatic heterocycles. The number of carbonyl (C=O) groups is 1. The van der Waals surface area contributed by atoms with Crippen LogP contribution in [-0.2, 0) is 11.2 Å². The maximum Gasteiger partial charge on any atom is 0.238 e. The minimum atomic E-state index is -0.0962. The molecule has 0 aromatic heterocycles. The van der Waals surface area contributed by atoms with E-state index < -0.39 is 0 Å². The van der Waals surface area contributed by atoms with E-state index in [0.29, 0.717) is 23.0 Å². The highest BCUT2D eigenvalue weighted by molar-refractivity contribution is 6.31. The second-order valence-electron chi connectivity index (χ2n) is 5.37. The number of benzene rings is 2. The van der Waals surface area contributed by atoms with Gasteiger partial charge < -0.3 is 10.1 Å². The largest absolute Gasteiger partial charge is 0.495 e. The summed E-state index contributed by atoms with van der Waals surface area (Å²) in [7, 11) is 3.49. The molecule has 23 heavy (non-hydrogen) atoms. The third-order valence-electron chi connectivity index (χ3n) is 3.47. The first-order valence-electron chi connectivity index (χ1n) is 7.44. The topological polar surface area (TPSA) is 41.6 Å². The van der Waals surface area contributed by atoms with Gasteiger partial charge in [-0.2, -0.15) is 0 Å². The Morgan fingerprint density at radius 3 is 2.65 bits per heavy atom. The van der Waals surface area contributed by atoms with E-state index >= 15 is 0 Å². The summed E-state index contributed by atoms with van der Waals surface area (Å²) in [5.74, 6) is 0.496. The Bertz CT molecular complexity index is 647. The van der Waals surface area contributed by atoms with Crippen molar-refractivity contribution < 1.29 is 9.53 Å². The van der Waals surface area contributed by atoms with Crippen molar-refractivity contribution >= 4 is 23.2 Å². The molecule has 0 aliphatic rings. The molecule has 0 unspecified atom stereocenters. The summed E-state index contributed by atoms with van der Waals surface area (Å²) in [5.41, 5.74) is 1.85. The van der Waals surface area contributed by atoms with Crippen LogP contribution in [0, 0.1) is 0 Å². The van der Waals surface area contributed by atoms with Crippen molar-refractivity contribution in [2.45, 2.75) is 6.42 Å². The number of carbonyl (C=O) groups excluding carboxylic acids is 1. The molecular weight excluding hydrogens is 312 g/mol. The molecule has 0 saturated carbocycles. The number of hydrogen-bond donors (Lipinski definition) is 1. The minimum absolute atomic E-state index is 0.0962. The number of ether oxygens (including phenoxy) is 1. The monoisotopic (exact) mass is 332 g/mol. The highest BCUT2D eigenvalue weighted by Gasteiger charge is 2.10. The number of amides is 1. The first-order chi connectivity index (χ1) is 11.1. The van der Waals surface area contributed by atoms with Crippen molar-refractivity contribution in [1.82, 2.24) is 4.90 Å². The maximum atomic E-state index is 12.2. The van der Waals surface area contributed by atoms with E-state index in [1.54, 1.807) is 25.3 Å². The van der Waals surface area contributed by atoms with Crippen LogP contribution in [0.15, 0.2) is 48.5 Å². The van der Waals surface area contributed by atoms with Crippen molar-refractivity contribution in [2.75, 3.05) is 32.6 Å². The number of halogens is 1. The van der Waals surface area contributed by atoms with Crippen molar-refractivity contribution in [2.24, 2.45) is 0 Å². The SMILES string of the molecule is COc1ccc(Cl)cc1NC(=O)CN(C)CCc1ccccc1. The summed E-state index contributed by atoms with van der Waals surface area (Å²) in [4.78, 5) is 14.1. The molecule has 0 atom stereocenters. The summed E-state index contributed by atoms with van der Waals surface area (Å²) >= 11 is 5.96. The van der Waals surface area contributed by atoms with Gasteiger partial charge in [0.25, 0.3) is 0 Å². The summed E-state index contributed by atoms with van der Waals surface area (Å²) in [5, 5.41) is 3.40. The second-order valence-corrected chi connectivity index (χ2v) is 5.80. The molecule has 1 N–H and O–H groups in total. The number of anilines is 1. The molecule has 0 spiro atoms. The van der Waals surface area contributed by atoms with Crippen molar-refractivity contribution in [3.8, 4) is 5.75 Å². The lowest BCUT2D eigenvalue weighted by molar-refractivity contribution is -0.117. The van der Waals surface area contributed by atoms with Gasteiger partial charge in [0, 0.05) is 11.6 Å². The molecule has 5 heteroatoms. The van der Waals surface area contributed by atoms with Gasteiger partial charge in [-0.05, 0) is 37.2 Å². The van der Waals surface area contributed by atoms with Crippen molar-refractivity contribution in [1.29, 1.82) is 0 Å². The number of nitrogens with zero attached hydrogens (tertiary/aromatic N) is 1. The van der Waals surface area contributed by atoms with Crippen LogP contribution in [-0.4, -0.2) is 38.1 Å². The van der Waals surface area contributed by atoms with Crippen molar-refractivity contribution in [3.05, 3.63) is 59.1 Å². The zero-order valence-electron chi connectivity index (χ0n) is 13.4. The van der Waals surface area contributed by atoms with E-state index in [1.165, 1.54) is 5.56 Å². The van der Waals surface area contributed by atoms with E-state index in [2.05, 4.69) is 17.4 Å². The third kappa shape index (κ3) is 5.58. The third-order valence-corrected chi connectivity index (χ3v) is 3.71. The van der Waals surface area contributed by atoms with Crippen LogP contribution >= 0.6 is 11.6 Å². The van der Waals surface area contributed by atoms with Gasteiger partial charge in [-0.1, -0.05) is 41.9 Å². The average molecular weight is 333 g/mol. The Balaban J connectivity index is 1.85. The van der Waals surface area contributed by atoms with Gasteiger partial charge in [0.2, 0.25) is 5.91 Å².